The Morgan fingerprint density at radius 2 is 2.12 bits per heavy atom. The molecule has 2 aliphatic rings. The summed E-state index contributed by atoms with van der Waals surface area (Å²) < 4.78 is 5.53. The fourth-order valence-corrected chi connectivity index (χ4v) is 3.53. The lowest BCUT2D eigenvalue weighted by Crippen LogP contribution is -2.22. The van der Waals surface area contributed by atoms with E-state index >= 15 is 0 Å². The number of fused-ring (bicyclic) bond motifs is 1. The zero-order chi connectivity index (χ0) is 17.7. The van der Waals surface area contributed by atoms with Crippen molar-refractivity contribution in [2.45, 2.75) is 31.8 Å². The van der Waals surface area contributed by atoms with Gasteiger partial charge in [0.25, 0.3) is 0 Å². The number of methoxy groups -OCH3 is 1. The second-order valence-corrected chi connectivity index (χ2v) is 6.75. The predicted octanol–water partition coefficient (Wildman–Crippen LogP) is 3.26. The molecular weight excluding hydrogens is 344 g/mol. The molecule has 1 saturated carbocycles. The van der Waals surface area contributed by atoms with Gasteiger partial charge in [-0.1, -0.05) is 11.6 Å². The Morgan fingerprint density at radius 1 is 1.36 bits per heavy atom. The van der Waals surface area contributed by atoms with Crippen molar-refractivity contribution in [3.8, 4) is 17.0 Å². The maximum Gasteiger partial charge on any atom is 0.407 e. The zero-order valence-electron chi connectivity index (χ0n) is 13.6. The lowest BCUT2D eigenvalue weighted by atomic mass is 10.0. The summed E-state index contributed by atoms with van der Waals surface area (Å²) in [4.78, 5) is 21.1. The Bertz CT molecular complexity index is 883. The molecular formula is C17H17ClN4O3. The number of carboxylic acid groups (broad SMARTS) is 1. The Balaban J connectivity index is 1.85. The van der Waals surface area contributed by atoms with Crippen LogP contribution in [0.15, 0.2) is 12.1 Å². The molecule has 0 unspecified atom stereocenters. The predicted molar refractivity (Wildman–Crippen MR) is 92.7 cm³/mol. The number of ether oxygens (including phenoxy) is 1. The van der Waals surface area contributed by atoms with Crippen LogP contribution in [0.25, 0.3) is 11.3 Å². The van der Waals surface area contributed by atoms with Crippen LogP contribution < -0.4 is 10.5 Å². The van der Waals surface area contributed by atoms with E-state index in [0.29, 0.717) is 27.9 Å². The van der Waals surface area contributed by atoms with Gasteiger partial charge in [-0.3, -0.25) is 4.90 Å². The van der Waals surface area contributed by atoms with Gasteiger partial charge < -0.3 is 15.6 Å². The van der Waals surface area contributed by atoms with Crippen molar-refractivity contribution >= 4 is 23.6 Å². The molecule has 1 aliphatic heterocycles. The van der Waals surface area contributed by atoms with Crippen LogP contribution in [0.4, 0.5) is 10.7 Å². The minimum absolute atomic E-state index is 0.0993. The van der Waals surface area contributed by atoms with E-state index in [-0.39, 0.29) is 19.0 Å². The van der Waals surface area contributed by atoms with E-state index in [9.17, 15) is 9.90 Å². The molecule has 2 heterocycles. The van der Waals surface area contributed by atoms with Crippen molar-refractivity contribution in [2.75, 3.05) is 12.8 Å². The van der Waals surface area contributed by atoms with Crippen molar-refractivity contribution in [2.24, 2.45) is 0 Å². The fraction of sp³-hybridized carbons (Fsp3) is 0.353. The molecule has 0 bridgehead atoms. The molecule has 3 N–H and O–H groups in total. The Kier molecular flexibility index (Phi) is 3.68. The number of hydrogen-bond donors (Lipinski definition) is 2. The van der Waals surface area contributed by atoms with Gasteiger partial charge in [0.2, 0.25) is 5.95 Å². The lowest BCUT2D eigenvalue weighted by molar-refractivity contribution is 0.145. The number of benzene rings is 1. The van der Waals surface area contributed by atoms with E-state index in [2.05, 4.69) is 9.97 Å². The largest absolute Gasteiger partial charge is 0.496 e. The Labute approximate surface area is 149 Å². The minimum atomic E-state index is -1.00. The smallest absolute Gasteiger partial charge is 0.407 e. The molecule has 2 aromatic rings. The fourth-order valence-electron chi connectivity index (χ4n) is 3.27. The Hall–Kier alpha value is -2.54. The van der Waals surface area contributed by atoms with Crippen molar-refractivity contribution in [3.63, 3.8) is 0 Å². The monoisotopic (exact) mass is 360 g/mol. The van der Waals surface area contributed by atoms with E-state index in [4.69, 9.17) is 22.1 Å². The van der Waals surface area contributed by atoms with Crippen molar-refractivity contribution in [1.82, 2.24) is 14.9 Å². The van der Waals surface area contributed by atoms with Crippen molar-refractivity contribution < 1.29 is 14.6 Å². The summed E-state index contributed by atoms with van der Waals surface area (Å²) in [5, 5.41) is 9.81. The molecule has 25 heavy (non-hydrogen) atoms. The quantitative estimate of drug-likeness (QED) is 0.871. The third-order valence-corrected chi connectivity index (χ3v) is 4.97. The van der Waals surface area contributed by atoms with Crippen LogP contribution in [0.2, 0.25) is 5.02 Å². The molecule has 8 heteroatoms. The maximum atomic E-state index is 11.3. The summed E-state index contributed by atoms with van der Waals surface area (Å²) in [6, 6.07) is 3.78. The molecule has 1 amide bonds. The average molecular weight is 361 g/mol. The molecule has 0 radical (unpaired) electrons. The number of nitrogen functional groups attached to an aromatic ring is 1. The van der Waals surface area contributed by atoms with Crippen LogP contribution >= 0.6 is 11.6 Å². The van der Waals surface area contributed by atoms with E-state index in [0.717, 1.165) is 29.7 Å². The highest BCUT2D eigenvalue weighted by Crippen LogP contribution is 2.47. The number of hydrogen-bond acceptors (Lipinski definition) is 5. The van der Waals surface area contributed by atoms with Crippen LogP contribution in [0.5, 0.6) is 5.75 Å². The van der Waals surface area contributed by atoms with Gasteiger partial charge in [0.1, 0.15) is 5.75 Å². The van der Waals surface area contributed by atoms with E-state index in [1.165, 1.54) is 4.90 Å². The van der Waals surface area contributed by atoms with E-state index < -0.39 is 6.09 Å². The highest BCUT2D eigenvalue weighted by atomic mass is 35.5. The number of nitrogens with two attached hydrogens (primary N) is 1. The topological polar surface area (TPSA) is 102 Å². The molecule has 4 rings (SSSR count). The lowest BCUT2D eigenvalue weighted by Gasteiger charge is -2.14. The van der Waals surface area contributed by atoms with E-state index in [1.807, 2.05) is 12.1 Å². The van der Waals surface area contributed by atoms with Crippen LogP contribution in [-0.4, -0.2) is 33.2 Å². The number of amides is 1. The highest BCUT2D eigenvalue weighted by Gasteiger charge is 2.31. The van der Waals surface area contributed by atoms with Crippen LogP contribution in [0, 0.1) is 0 Å². The standard InChI is InChI=1S/C17H17ClN4O3/c1-25-14-5-10(12(18)4-9(14)8-2-3-8)15-11-6-22(17(23)24)7-13(11)20-16(19)21-15/h4-5,8H,2-3,6-7H2,1H3,(H,23,24)(H2,19,20,21). The first-order chi connectivity index (χ1) is 12.0. The summed E-state index contributed by atoms with van der Waals surface area (Å²) >= 11 is 6.53. The van der Waals surface area contributed by atoms with Gasteiger partial charge >= 0.3 is 6.09 Å². The molecule has 1 aromatic heterocycles. The Morgan fingerprint density at radius 3 is 2.76 bits per heavy atom. The molecule has 0 atom stereocenters. The first-order valence-corrected chi connectivity index (χ1v) is 8.36. The summed E-state index contributed by atoms with van der Waals surface area (Å²) in [6.45, 7) is 0.405. The second-order valence-electron chi connectivity index (χ2n) is 6.34. The van der Waals surface area contributed by atoms with Gasteiger partial charge in [-0.2, -0.15) is 0 Å². The molecule has 7 nitrogen and oxygen atoms in total. The normalized spacial score (nSPS) is 16.0. The number of halogens is 1. The number of anilines is 1. The van der Waals surface area contributed by atoms with Crippen LogP contribution in [0.3, 0.4) is 0 Å². The number of aromatic nitrogens is 2. The highest BCUT2D eigenvalue weighted by molar-refractivity contribution is 6.33. The summed E-state index contributed by atoms with van der Waals surface area (Å²) in [7, 11) is 1.63. The first-order valence-electron chi connectivity index (χ1n) is 7.99. The molecule has 130 valence electrons. The van der Waals surface area contributed by atoms with Gasteiger partial charge in [-0.25, -0.2) is 14.8 Å². The van der Waals surface area contributed by atoms with Crippen LogP contribution in [-0.2, 0) is 13.1 Å². The molecule has 0 spiro atoms. The summed E-state index contributed by atoms with van der Waals surface area (Å²) in [6.07, 6.45) is 1.26. The third-order valence-electron chi connectivity index (χ3n) is 4.66. The van der Waals surface area contributed by atoms with Gasteiger partial charge in [-0.15, -0.1) is 0 Å². The van der Waals surface area contributed by atoms with Gasteiger partial charge in [0.15, 0.2) is 0 Å². The van der Waals surface area contributed by atoms with Crippen molar-refractivity contribution in [1.29, 1.82) is 0 Å². The average Bonchev–Trinajstić information content (AvgIpc) is 3.32. The minimum Gasteiger partial charge on any atom is -0.496 e. The first kappa shape index (κ1) is 16.0. The van der Waals surface area contributed by atoms with E-state index in [1.54, 1.807) is 7.11 Å². The number of nitrogens with zero attached hydrogens (tertiary/aromatic N) is 3. The van der Waals surface area contributed by atoms with Crippen LogP contribution in [0.1, 0.15) is 35.6 Å². The summed E-state index contributed by atoms with van der Waals surface area (Å²) in [5.74, 6) is 1.35. The van der Waals surface area contributed by atoms with Crippen molar-refractivity contribution in [3.05, 3.63) is 34.0 Å². The number of carbonyl (C=O) groups is 1. The van der Waals surface area contributed by atoms with Gasteiger partial charge in [-0.05, 0) is 36.5 Å². The SMILES string of the molecule is COc1cc(-c2nc(N)nc3c2CN(C(=O)O)C3)c(Cl)cc1C1CC1. The molecule has 1 aromatic carbocycles. The molecule has 1 fully saturated rings. The second kappa shape index (κ2) is 5.77. The maximum absolute atomic E-state index is 11.3. The van der Waals surface area contributed by atoms with Gasteiger partial charge in [0.05, 0.1) is 36.6 Å². The van der Waals surface area contributed by atoms with Gasteiger partial charge in [0, 0.05) is 11.1 Å². The molecule has 1 aliphatic carbocycles. The zero-order valence-corrected chi connectivity index (χ0v) is 14.4. The molecule has 0 saturated heterocycles. The number of rotatable bonds is 3. The summed E-state index contributed by atoms with van der Waals surface area (Å²) in [5.41, 5.74) is 9.54. The third kappa shape index (κ3) is 2.74.